The Kier molecular flexibility index (Phi) is 51.2. The van der Waals surface area contributed by atoms with Crippen molar-refractivity contribution in [3.8, 4) is 0 Å². The molecule has 0 aromatic rings. The van der Waals surface area contributed by atoms with E-state index in [1.54, 1.807) is 0 Å². The zero-order valence-corrected chi connectivity index (χ0v) is 8.24. The summed E-state index contributed by atoms with van der Waals surface area (Å²) in [5.74, 6) is -0.833. The van der Waals surface area contributed by atoms with E-state index in [1.165, 1.54) is 0 Å². The first kappa shape index (κ1) is 22.4. The molecule has 0 rings (SSSR count). The average molecular weight is 258 g/mol. The van der Waals surface area contributed by atoms with Crippen molar-refractivity contribution in [3.05, 3.63) is 0 Å². The topological polar surface area (TPSA) is 89.3 Å². The maximum Gasteiger partial charge on any atom is 0.300 e. The second-order valence-corrected chi connectivity index (χ2v) is 1.10. The van der Waals surface area contributed by atoms with Crippen molar-refractivity contribution >= 4 is 18.4 Å². The van der Waals surface area contributed by atoms with Crippen LogP contribution < -0.4 is 11.5 Å². The van der Waals surface area contributed by atoms with E-state index < -0.39 is 5.97 Å². The van der Waals surface area contributed by atoms with Crippen LogP contribution in [0.1, 0.15) is 6.92 Å². The molecule has 0 aromatic carbocycles. The molecule has 0 heterocycles. The molecule has 0 aliphatic heterocycles. The number of carbonyl (C=O) groups is 1. The molecule has 0 spiro atoms. The van der Waals surface area contributed by atoms with Crippen molar-refractivity contribution in [2.45, 2.75) is 6.92 Å². The Morgan fingerprint density at radius 1 is 1.40 bits per heavy atom. The molecule has 66 valence electrons. The number of halogens is 1. The summed E-state index contributed by atoms with van der Waals surface area (Å²) in [6.07, 6.45) is 0. The summed E-state index contributed by atoms with van der Waals surface area (Å²) in [6.45, 7) is 2.28. The molecular weight excluding hydrogens is 245 g/mol. The van der Waals surface area contributed by atoms with E-state index in [0.29, 0.717) is 13.1 Å². The minimum atomic E-state index is -0.833. The molecule has 0 fully saturated rings. The van der Waals surface area contributed by atoms with E-state index in [1.807, 2.05) is 0 Å². The summed E-state index contributed by atoms with van der Waals surface area (Å²) in [7, 11) is 0. The molecule has 0 saturated carbocycles. The van der Waals surface area contributed by atoms with Crippen molar-refractivity contribution < 1.29 is 29.4 Å². The molecule has 10 heavy (non-hydrogen) atoms. The van der Waals surface area contributed by atoms with Gasteiger partial charge in [-0.05, 0) is 0 Å². The normalized spacial score (nSPS) is 5.50. The van der Waals surface area contributed by atoms with Crippen molar-refractivity contribution in [3.63, 3.8) is 0 Å². The van der Waals surface area contributed by atoms with Crippen LogP contribution in [0, 0.1) is 0 Å². The Labute approximate surface area is 79.5 Å². The van der Waals surface area contributed by atoms with Crippen molar-refractivity contribution in [2.75, 3.05) is 13.1 Å². The zero-order chi connectivity index (χ0) is 6.99. The molecule has 0 amide bonds. The van der Waals surface area contributed by atoms with Gasteiger partial charge in [-0.2, -0.15) is 0 Å². The quantitative estimate of drug-likeness (QED) is 0.548. The molecule has 0 saturated heterocycles. The summed E-state index contributed by atoms with van der Waals surface area (Å²) in [5, 5.41) is 7.42. The van der Waals surface area contributed by atoms with Crippen LogP contribution in [-0.2, 0) is 24.3 Å². The van der Waals surface area contributed by atoms with E-state index in [4.69, 9.17) is 21.4 Å². The number of carboxylic acid groups (broad SMARTS) is 1. The summed E-state index contributed by atoms with van der Waals surface area (Å²) in [6, 6.07) is 0. The molecule has 0 aromatic heterocycles. The fraction of sp³-hybridized carbons (Fsp3) is 0.750. The van der Waals surface area contributed by atoms with Gasteiger partial charge in [-0.15, -0.1) is 12.4 Å². The van der Waals surface area contributed by atoms with E-state index >= 15 is 0 Å². The van der Waals surface area contributed by atoms with E-state index in [-0.39, 0.29) is 31.9 Å². The summed E-state index contributed by atoms with van der Waals surface area (Å²) >= 11 is 0. The minimum Gasteiger partial charge on any atom is -0.481 e. The van der Waals surface area contributed by atoms with Gasteiger partial charge in [0.1, 0.15) is 0 Å². The van der Waals surface area contributed by atoms with E-state index in [0.717, 1.165) is 6.92 Å². The Morgan fingerprint density at radius 3 is 1.50 bits per heavy atom. The number of aliphatic carboxylic acids is 1. The Hall–Kier alpha value is 0.303. The van der Waals surface area contributed by atoms with E-state index in [9.17, 15) is 0 Å². The molecule has 0 radical (unpaired) electrons. The first-order valence-corrected chi connectivity index (χ1v) is 2.24. The van der Waals surface area contributed by atoms with Crippen molar-refractivity contribution in [2.24, 2.45) is 11.5 Å². The van der Waals surface area contributed by atoms with Gasteiger partial charge in [-0.1, -0.05) is 0 Å². The third-order valence-corrected chi connectivity index (χ3v) is 0.167. The summed E-state index contributed by atoms with van der Waals surface area (Å²) < 4.78 is 0. The molecule has 6 heteroatoms. The molecule has 0 unspecified atom stereocenters. The zero-order valence-electron chi connectivity index (χ0n) is 5.69. The van der Waals surface area contributed by atoms with Gasteiger partial charge < -0.3 is 16.6 Å². The van der Waals surface area contributed by atoms with Crippen LogP contribution in [0.3, 0.4) is 0 Å². The third-order valence-electron chi connectivity index (χ3n) is 0.167. The van der Waals surface area contributed by atoms with Gasteiger partial charge in [0.15, 0.2) is 0 Å². The maximum absolute atomic E-state index is 9.00. The molecule has 5 N–H and O–H groups in total. The first-order chi connectivity index (χ1) is 3.65. The molecule has 4 nitrogen and oxygen atoms in total. The first-order valence-electron chi connectivity index (χ1n) is 2.24. The van der Waals surface area contributed by atoms with Gasteiger partial charge in [-0.25, -0.2) is 0 Å². The fourth-order valence-electron chi connectivity index (χ4n) is 0. The SMILES string of the molecule is CC(=O)O.Cl.NCCN.[Ru]. The number of carboxylic acids is 1. The smallest absolute Gasteiger partial charge is 0.300 e. The number of hydrogen-bond acceptors (Lipinski definition) is 3. The molecular formula is C4H13ClN2O2Ru. The molecule has 0 aliphatic rings. The van der Waals surface area contributed by atoms with Gasteiger partial charge in [0.05, 0.1) is 0 Å². The van der Waals surface area contributed by atoms with Crippen LogP contribution in [0.4, 0.5) is 0 Å². The fourth-order valence-corrected chi connectivity index (χ4v) is 0. The second kappa shape index (κ2) is 22.8. The Morgan fingerprint density at radius 2 is 1.50 bits per heavy atom. The molecule has 0 atom stereocenters. The number of hydrogen-bond donors (Lipinski definition) is 3. The third kappa shape index (κ3) is 261. The predicted molar refractivity (Wildman–Crippen MR) is 38.7 cm³/mol. The standard InChI is InChI=1S/C2H8N2.C2H4O2.ClH.Ru/c3-1-2-4;1-2(3)4;;/h1-4H2;1H3,(H,3,4);1H;. The molecule has 0 bridgehead atoms. The average Bonchev–Trinajstić information content (AvgIpc) is 1.65. The number of rotatable bonds is 1. The van der Waals surface area contributed by atoms with Crippen LogP contribution in [0.25, 0.3) is 0 Å². The van der Waals surface area contributed by atoms with Crippen molar-refractivity contribution in [1.29, 1.82) is 0 Å². The van der Waals surface area contributed by atoms with Gasteiger partial charge >= 0.3 is 0 Å². The monoisotopic (exact) mass is 258 g/mol. The van der Waals surface area contributed by atoms with Crippen LogP contribution >= 0.6 is 12.4 Å². The van der Waals surface area contributed by atoms with Crippen LogP contribution in [0.15, 0.2) is 0 Å². The predicted octanol–water partition coefficient (Wildman–Crippen LogP) is -0.586. The van der Waals surface area contributed by atoms with Gasteiger partial charge in [-0.3, -0.25) is 4.79 Å². The maximum atomic E-state index is 9.00. The van der Waals surface area contributed by atoms with Gasteiger partial charge in [0, 0.05) is 39.5 Å². The van der Waals surface area contributed by atoms with Crippen LogP contribution in [-0.4, -0.2) is 24.2 Å². The van der Waals surface area contributed by atoms with Crippen LogP contribution in [0.5, 0.6) is 0 Å². The Bertz CT molecular complexity index is 59.2. The molecule has 0 aliphatic carbocycles. The van der Waals surface area contributed by atoms with Gasteiger partial charge in [0.2, 0.25) is 0 Å². The summed E-state index contributed by atoms with van der Waals surface area (Å²) in [5.41, 5.74) is 9.81. The largest absolute Gasteiger partial charge is 0.481 e. The van der Waals surface area contributed by atoms with E-state index in [2.05, 4.69) is 0 Å². The second-order valence-electron chi connectivity index (χ2n) is 1.10. The number of nitrogens with two attached hydrogens (primary N) is 2. The van der Waals surface area contributed by atoms with Crippen molar-refractivity contribution in [1.82, 2.24) is 0 Å². The minimum absolute atomic E-state index is 0. The Balaban J connectivity index is -0.0000000300. The van der Waals surface area contributed by atoms with Gasteiger partial charge in [0.25, 0.3) is 5.97 Å². The summed E-state index contributed by atoms with van der Waals surface area (Å²) in [4.78, 5) is 9.00. The van der Waals surface area contributed by atoms with Crippen LogP contribution in [0.2, 0.25) is 0 Å².